The average Bonchev–Trinajstić information content (AvgIpc) is 3.32. The Balaban J connectivity index is 2.00. The van der Waals surface area contributed by atoms with Crippen LogP contribution in [0.2, 0.25) is 0 Å². The molecule has 0 aliphatic carbocycles. The molecule has 0 atom stereocenters. The molecule has 0 spiro atoms. The number of nitrogens with zero attached hydrogens (tertiary/aromatic N) is 2. The van der Waals surface area contributed by atoms with Crippen LogP contribution in [0.1, 0.15) is 0 Å². The Bertz CT molecular complexity index is 889. The smallest absolute Gasteiger partial charge is 0.150 e. The standard InChI is InChI=1S/C20H18N2O2/c1-23-19-15-7-10-18(22-13-5-6-14-22)20(24-2)16(15)8-9-17(19)21-11-3-4-12-21/h3-14H,1-2H3. The first kappa shape index (κ1) is 14.5. The molecule has 0 N–H and O–H groups in total. The van der Waals surface area contributed by atoms with Crippen LogP contribution in [0, 0.1) is 0 Å². The van der Waals surface area contributed by atoms with Gasteiger partial charge in [-0.15, -0.1) is 0 Å². The Morgan fingerprint density at radius 1 is 0.583 bits per heavy atom. The molecule has 0 radical (unpaired) electrons. The molecule has 2 heterocycles. The van der Waals surface area contributed by atoms with Gasteiger partial charge in [0, 0.05) is 35.6 Å². The summed E-state index contributed by atoms with van der Waals surface area (Å²) in [6.07, 6.45) is 8.04. The lowest BCUT2D eigenvalue weighted by Crippen LogP contribution is -2.00. The maximum absolute atomic E-state index is 5.73. The Kier molecular flexibility index (Phi) is 3.50. The Morgan fingerprint density at radius 2 is 0.958 bits per heavy atom. The Morgan fingerprint density at radius 3 is 1.29 bits per heavy atom. The normalized spacial score (nSPS) is 10.9. The predicted octanol–water partition coefficient (Wildman–Crippen LogP) is 4.44. The molecule has 0 amide bonds. The van der Waals surface area contributed by atoms with E-state index in [9.17, 15) is 0 Å². The van der Waals surface area contributed by atoms with Crippen molar-refractivity contribution in [2.75, 3.05) is 14.2 Å². The van der Waals surface area contributed by atoms with Crippen LogP contribution in [0.5, 0.6) is 11.5 Å². The van der Waals surface area contributed by atoms with E-state index in [4.69, 9.17) is 9.47 Å². The minimum absolute atomic E-state index is 0.834. The van der Waals surface area contributed by atoms with Gasteiger partial charge in [-0.2, -0.15) is 0 Å². The van der Waals surface area contributed by atoms with Gasteiger partial charge in [-0.25, -0.2) is 0 Å². The lowest BCUT2D eigenvalue weighted by Gasteiger charge is -2.17. The molecule has 120 valence electrons. The van der Waals surface area contributed by atoms with Crippen molar-refractivity contribution < 1.29 is 9.47 Å². The van der Waals surface area contributed by atoms with E-state index in [0.717, 1.165) is 33.6 Å². The molecule has 0 saturated carbocycles. The summed E-state index contributed by atoms with van der Waals surface area (Å²) in [6.45, 7) is 0. The summed E-state index contributed by atoms with van der Waals surface area (Å²) in [5.74, 6) is 1.67. The van der Waals surface area contributed by atoms with E-state index >= 15 is 0 Å². The second kappa shape index (κ2) is 5.81. The van der Waals surface area contributed by atoms with Crippen LogP contribution in [0.15, 0.2) is 73.3 Å². The minimum Gasteiger partial charge on any atom is -0.494 e. The van der Waals surface area contributed by atoms with Gasteiger partial charge in [0.2, 0.25) is 0 Å². The highest BCUT2D eigenvalue weighted by Gasteiger charge is 2.15. The highest BCUT2D eigenvalue weighted by atomic mass is 16.5. The van der Waals surface area contributed by atoms with Crippen LogP contribution in [0.25, 0.3) is 22.1 Å². The molecular formula is C20H18N2O2. The maximum atomic E-state index is 5.73. The molecule has 0 aliphatic rings. The number of aromatic nitrogens is 2. The SMILES string of the molecule is COc1c(-n2cccc2)ccc2c(OC)c(-n3cccc3)ccc12. The maximum Gasteiger partial charge on any atom is 0.150 e. The number of ether oxygens (including phenoxy) is 2. The summed E-state index contributed by atoms with van der Waals surface area (Å²) in [5, 5.41) is 2.05. The summed E-state index contributed by atoms with van der Waals surface area (Å²) in [7, 11) is 3.40. The fourth-order valence-corrected chi connectivity index (χ4v) is 3.15. The summed E-state index contributed by atoms with van der Waals surface area (Å²) in [5.41, 5.74) is 2.01. The Labute approximate surface area is 140 Å². The average molecular weight is 318 g/mol. The second-order valence-corrected chi connectivity index (χ2v) is 5.51. The number of benzene rings is 2. The fraction of sp³-hybridized carbons (Fsp3) is 0.100. The summed E-state index contributed by atoms with van der Waals surface area (Å²) < 4.78 is 15.6. The van der Waals surface area contributed by atoms with E-state index in [1.54, 1.807) is 14.2 Å². The van der Waals surface area contributed by atoms with Gasteiger partial charge < -0.3 is 18.6 Å². The van der Waals surface area contributed by atoms with Gasteiger partial charge >= 0.3 is 0 Å². The van der Waals surface area contributed by atoms with Crippen LogP contribution in [-0.4, -0.2) is 23.4 Å². The van der Waals surface area contributed by atoms with Gasteiger partial charge in [-0.3, -0.25) is 0 Å². The van der Waals surface area contributed by atoms with Crippen molar-refractivity contribution in [1.29, 1.82) is 0 Å². The zero-order chi connectivity index (χ0) is 16.5. The molecule has 4 nitrogen and oxygen atoms in total. The van der Waals surface area contributed by atoms with Crippen LogP contribution in [0.4, 0.5) is 0 Å². The van der Waals surface area contributed by atoms with Gasteiger partial charge in [0.15, 0.2) is 11.5 Å². The number of hydrogen-bond acceptors (Lipinski definition) is 2. The Hall–Kier alpha value is -3.14. The summed E-state index contributed by atoms with van der Waals surface area (Å²) in [6, 6.07) is 16.3. The quantitative estimate of drug-likeness (QED) is 0.556. The van der Waals surface area contributed by atoms with Crippen molar-refractivity contribution in [3.63, 3.8) is 0 Å². The van der Waals surface area contributed by atoms with E-state index in [0.29, 0.717) is 0 Å². The van der Waals surface area contributed by atoms with Crippen LogP contribution < -0.4 is 9.47 Å². The highest BCUT2D eigenvalue weighted by Crippen LogP contribution is 2.39. The highest BCUT2D eigenvalue weighted by molar-refractivity contribution is 5.98. The topological polar surface area (TPSA) is 28.3 Å². The molecule has 0 saturated heterocycles. The third-order valence-corrected chi connectivity index (χ3v) is 4.23. The molecule has 0 bridgehead atoms. The van der Waals surface area contributed by atoms with Gasteiger partial charge in [-0.05, 0) is 48.5 Å². The molecule has 0 unspecified atom stereocenters. The number of hydrogen-bond donors (Lipinski definition) is 0. The molecule has 4 aromatic rings. The van der Waals surface area contributed by atoms with Crippen molar-refractivity contribution in [2.24, 2.45) is 0 Å². The molecule has 0 fully saturated rings. The van der Waals surface area contributed by atoms with Crippen molar-refractivity contribution in [3.8, 4) is 22.9 Å². The molecule has 0 aliphatic heterocycles. The summed E-state index contributed by atoms with van der Waals surface area (Å²) in [4.78, 5) is 0. The van der Waals surface area contributed by atoms with Crippen molar-refractivity contribution in [1.82, 2.24) is 9.13 Å². The number of methoxy groups -OCH3 is 2. The molecule has 4 rings (SSSR count). The first-order valence-electron chi connectivity index (χ1n) is 7.78. The summed E-state index contributed by atoms with van der Waals surface area (Å²) >= 11 is 0. The van der Waals surface area contributed by atoms with Crippen molar-refractivity contribution in [2.45, 2.75) is 0 Å². The van der Waals surface area contributed by atoms with Crippen molar-refractivity contribution in [3.05, 3.63) is 73.3 Å². The first-order valence-corrected chi connectivity index (χ1v) is 7.78. The van der Waals surface area contributed by atoms with E-state index in [2.05, 4.69) is 24.3 Å². The molecule has 24 heavy (non-hydrogen) atoms. The van der Waals surface area contributed by atoms with E-state index in [-0.39, 0.29) is 0 Å². The zero-order valence-corrected chi connectivity index (χ0v) is 13.6. The largest absolute Gasteiger partial charge is 0.494 e. The molecule has 2 aromatic heterocycles. The van der Waals surface area contributed by atoms with Gasteiger partial charge in [0.05, 0.1) is 25.6 Å². The number of rotatable bonds is 4. The second-order valence-electron chi connectivity index (χ2n) is 5.51. The van der Waals surface area contributed by atoms with E-state index < -0.39 is 0 Å². The lowest BCUT2D eigenvalue weighted by molar-refractivity contribution is 0.413. The molecular weight excluding hydrogens is 300 g/mol. The lowest BCUT2D eigenvalue weighted by atomic mass is 10.1. The van der Waals surface area contributed by atoms with Crippen LogP contribution >= 0.6 is 0 Å². The van der Waals surface area contributed by atoms with Gasteiger partial charge in [-0.1, -0.05) is 0 Å². The first-order chi connectivity index (χ1) is 11.8. The minimum atomic E-state index is 0.834. The van der Waals surface area contributed by atoms with E-state index in [1.807, 2.05) is 58.2 Å². The third-order valence-electron chi connectivity index (χ3n) is 4.23. The molecule has 4 heteroatoms. The van der Waals surface area contributed by atoms with Gasteiger partial charge in [0.1, 0.15) is 0 Å². The monoisotopic (exact) mass is 318 g/mol. The predicted molar refractivity (Wildman–Crippen MR) is 95.7 cm³/mol. The van der Waals surface area contributed by atoms with Crippen molar-refractivity contribution >= 4 is 10.8 Å². The van der Waals surface area contributed by atoms with Crippen LogP contribution in [0.3, 0.4) is 0 Å². The zero-order valence-electron chi connectivity index (χ0n) is 13.6. The third kappa shape index (κ3) is 2.15. The van der Waals surface area contributed by atoms with Crippen LogP contribution in [-0.2, 0) is 0 Å². The fourth-order valence-electron chi connectivity index (χ4n) is 3.15. The number of fused-ring (bicyclic) bond motifs is 1. The van der Waals surface area contributed by atoms with Gasteiger partial charge in [0.25, 0.3) is 0 Å². The molecule has 2 aromatic carbocycles. The van der Waals surface area contributed by atoms with E-state index in [1.165, 1.54) is 0 Å².